The molecule has 1 unspecified atom stereocenters. The Bertz CT molecular complexity index is 1400. The molecule has 2 atom stereocenters. The number of nitrogens with zero attached hydrogens (tertiary/aromatic N) is 3. The third kappa shape index (κ3) is 4.56. The number of rotatable bonds is 6. The zero-order valence-electron chi connectivity index (χ0n) is 20.7. The summed E-state index contributed by atoms with van der Waals surface area (Å²) in [6.45, 7) is 2.94. The third-order valence-corrected chi connectivity index (χ3v) is 8.26. The van der Waals surface area contributed by atoms with Crippen molar-refractivity contribution >= 4 is 34.7 Å². The first kappa shape index (κ1) is 24.3. The Hall–Kier alpha value is -3.42. The fourth-order valence-corrected chi connectivity index (χ4v) is 6.10. The van der Waals surface area contributed by atoms with Gasteiger partial charge in [0.2, 0.25) is 0 Å². The predicted octanol–water partition coefficient (Wildman–Crippen LogP) is 5.77. The minimum absolute atomic E-state index is 0.0470. The molecule has 2 heterocycles. The number of carbonyl (C=O) groups excluding carboxylic acids is 2. The summed E-state index contributed by atoms with van der Waals surface area (Å²) in [7, 11) is 1.96. The summed E-state index contributed by atoms with van der Waals surface area (Å²) in [5.41, 5.74) is 5.19. The monoisotopic (exact) mass is 499 g/mol. The number of hydrogen-bond donors (Lipinski definition) is 1. The fourth-order valence-electron chi connectivity index (χ4n) is 5.17. The average Bonchev–Trinajstić information content (AvgIpc) is 3.46. The molecule has 0 bridgehead atoms. The Labute approximate surface area is 215 Å². The van der Waals surface area contributed by atoms with Crippen LogP contribution >= 0.6 is 11.8 Å². The standard InChI is InChI=1S/C29H30N4O2S/c1-21-10-9-17-33(21,27(34)20-36-28-31-25-15-6-7-16-26(25)32(28)2)29(35)30-19-22-11-8-14-24(18-22)23-12-4-3-5-13-23/h3-8,11-16,18,21H,9-10,17,19-20H2,1-2H3/p+1/t21-,33?/m1/s1. The van der Waals surface area contributed by atoms with Gasteiger partial charge in [-0.15, -0.1) is 0 Å². The number of thioether (sulfide) groups is 1. The van der Waals surface area contributed by atoms with Gasteiger partial charge in [0.15, 0.2) is 5.16 Å². The van der Waals surface area contributed by atoms with E-state index in [0.29, 0.717) is 13.1 Å². The van der Waals surface area contributed by atoms with Crippen LogP contribution in [0.5, 0.6) is 0 Å². The minimum Gasteiger partial charge on any atom is -0.322 e. The number of aromatic nitrogens is 2. The lowest BCUT2D eigenvalue weighted by Gasteiger charge is -2.32. The quantitative estimate of drug-likeness (QED) is 0.270. The molecule has 5 rings (SSSR count). The van der Waals surface area contributed by atoms with Gasteiger partial charge >= 0.3 is 11.9 Å². The number of benzene rings is 3. The van der Waals surface area contributed by atoms with E-state index >= 15 is 0 Å². The zero-order valence-corrected chi connectivity index (χ0v) is 21.5. The summed E-state index contributed by atoms with van der Waals surface area (Å²) >= 11 is 1.41. The lowest BCUT2D eigenvalue weighted by molar-refractivity contribution is -0.783. The fraction of sp³-hybridized carbons (Fsp3) is 0.276. The van der Waals surface area contributed by atoms with Crippen LogP contribution in [0.1, 0.15) is 25.3 Å². The zero-order chi connectivity index (χ0) is 25.1. The van der Waals surface area contributed by atoms with E-state index < -0.39 is 0 Å². The number of imide groups is 1. The molecule has 0 spiro atoms. The van der Waals surface area contributed by atoms with Gasteiger partial charge in [0.05, 0.1) is 17.6 Å². The van der Waals surface area contributed by atoms with E-state index in [1.54, 1.807) is 0 Å². The summed E-state index contributed by atoms with van der Waals surface area (Å²) in [6, 6.07) is 26.0. The number of quaternary nitrogens is 1. The molecule has 184 valence electrons. The summed E-state index contributed by atoms with van der Waals surface area (Å²) in [6.07, 6.45) is 1.72. The number of para-hydroxylation sites is 2. The smallest absolute Gasteiger partial charge is 0.322 e. The summed E-state index contributed by atoms with van der Waals surface area (Å²) in [5.74, 6) is 0.144. The molecule has 0 radical (unpaired) electrons. The molecule has 36 heavy (non-hydrogen) atoms. The number of urea groups is 1. The molecular formula is C29H31N4O2S+. The minimum atomic E-state index is -0.208. The van der Waals surface area contributed by atoms with Crippen molar-refractivity contribution in [3.05, 3.63) is 84.4 Å². The molecule has 0 saturated carbocycles. The van der Waals surface area contributed by atoms with Gasteiger partial charge in [-0.25, -0.2) is 14.6 Å². The van der Waals surface area contributed by atoms with Crippen LogP contribution in [0.4, 0.5) is 4.79 Å². The van der Waals surface area contributed by atoms with E-state index in [4.69, 9.17) is 0 Å². The molecule has 1 aromatic heterocycles. The maximum atomic E-state index is 13.6. The maximum Gasteiger partial charge on any atom is 0.424 e. The number of fused-ring (bicyclic) bond motifs is 1. The van der Waals surface area contributed by atoms with Gasteiger partial charge in [0.1, 0.15) is 11.8 Å². The molecular weight excluding hydrogens is 468 g/mol. The van der Waals surface area contributed by atoms with Crippen LogP contribution in [0, 0.1) is 0 Å². The number of likely N-dealkylation sites (tertiary alicyclic amines) is 1. The molecule has 3 amide bonds. The SMILES string of the molecule is C[C@@H]1CCC[N+]1(C(=O)CSc1nc2ccccc2n1C)C(=O)NCc1cccc(-c2ccccc2)c1. The molecule has 0 aliphatic carbocycles. The van der Waals surface area contributed by atoms with Crippen molar-refractivity contribution in [2.24, 2.45) is 7.05 Å². The number of carbonyl (C=O) groups is 2. The molecule has 6 nitrogen and oxygen atoms in total. The molecule has 7 heteroatoms. The highest BCUT2D eigenvalue weighted by molar-refractivity contribution is 7.99. The van der Waals surface area contributed by atoms with Crippen LogP contribution in [-0.4, -0.2) is 44.3 Å². The van der Waals surface area contributed by atoms with E-state index in [9.17, 15) is 9.59 Å². The third-order valence-electron chi connectivity index (χ3n) is 7.24. The molecule has 1 aliphatic rings. The number of amides is 3. The summed E-state index contributed by atoms with van der Waals surface area (Å²) in [4.78, 5) is 31.9. The van der Waals surface area contributed by atoms with Crippen molar-refractivity contribution < 1.29 is 14.1 Å². The highest BCUT2D eigenvalue weighted by atomic mass is 32.2. The van der Waals surface area contributed by atoms with Crippen LogP contribution in [0.25, 0.3) is 22.2 Å². The van der Waals surface area contributed by atoms with Crippen molar-refractivity contribution in [1.82, 2.24) is 14.9 Å². The van der Waals surface area contributed by atoms with E-state index in [2.05, 4.69) is 34.6 Å². The summed E-state index contributed by atoms with van der Waals surface area (Å²) < 4.78 is 1.86. The number of hydrogen-bond acceptors (Lipinski definition) is 4. The van der Waals surface area contributed by atoms with Crippen LogP contribution in [-0.2, 0) is 18.4 Å². The second kappa shape index (κ2) is 10.3. The van der Waals surface area contributed by atoms with Gasteiger partial charge in [-0.05, 0) is 41.8 Å². The molecule has 1 aliphatic heterocycles. The number of aryl methyl sites for hydroxylation is 1. The van der Waals surface area contributed by atoms with Gasteiger partial charge in [-0.1, -0.05) is 72.4 Å². The van der Waals surface area contributed by atoms with E-state index in [0.717, 1.165) is 45.7 Å². The van der Waals surface area contributed by atoms with Gasteiger partial charge in [-0.3, -0.25) is 0 Å². The van der Waals surface area contributed by atoms with Crippen LogP contribution in [0.3, 0.4) is 0 Å². The maximum absolute atomic E-state index is 13.6. The second-order valence-corrected chi connectivity index (χ2v) is 10.4. The highest BCUT2D eigenvalue weighted by Gasteiger charge is 2.52. The molecule has 1 N–H and O–H groups in total. The predicted molar refractivity (Wildman–Crippen MR) is 144 cm³/mol. The Kier molecular flexibility index (Phi) is 6.94. The summed E-state index contributed by atoms with van der Waals surface area (Å²) in [5, 5.41) is 3.87. The second-order valence-electron chi connectivity index (χ2n) is 9.43. The molecule has 3 aromatic carbocycles. The Morgan fingerprint density at radius 2 is 1.78 bits per heavy atom. The van der Waals surface area contributed by atoms with Crippen LogP contribution < -0.4 is 5.32 Å². The lowest BCUT2D eigenvalue weighted by Crippen LogP contribution is -2.63. The van der Waals surface area contributed by atoms with Crippen molar-refractivity contribution in [3.63, 3.8) is 0 Å². The first-order valence-corrected chi connectivity index (χ1v) is 13.4. The van der Waals surface area contributed by atoms with Crippen molar-refractivity contribution in [2.45, 2.75) is 37.5 Å². The Balaban J connectivity index is 1.29. The van der Waals surface area contributed by atoms with E-state index in [1.807, 2.05) is 73.1 Å². The van der Waals surface area contributed by atoms with Gasteiger partial charge in [-0.2, -0.15) is 4.48 Å². The Morgan fingerprint density at radius 1 is 1.03 bits per heavy atom. The highest BCUT2D eigenvalue weighted by Crippen LogP contribution is 2.31. The van der Waals surface area contributed by atoms with Gasteiger partial charge in [0, 0.05) is 26.4 Å². The number of imidazole rings is 1. The van der Waals surface area contributed by atoms with E-state index in [-0.39, 0.29) is 28.2 Å². The molecule has 1 saturated heterocycles. The average molecular weight is 500 g/mol. The normalized spacial score (nSPS) is 19.4. The van der Waals surface area contributed by atoms with Crippen LogP contribution in [0.15, 0.2) is 84.0 Å². The van der Waals surface area contributed by atoms with Gasteiger partial charge < -0.3 is 9.88 Å². The largest absolute Gasteiger partial charge is 0.424 e. The topological polar surface area (TPSA) is 64.0 Å². The first-order chi connectivity index (χ1) is 17.5. The van der Waals surface area contributed by atoms with Gasteiger partial charge in [0.25, 0.3) is 0 Å². The molecule has 1 fully saturated rings. The lowest BCUT2D eigenvalue weighted by atomic mass is 10.0. The van der Waals surface area contributed by atoms with Crippen LogP contribution in [0.2, 0.25) is 0 Å². The number of nitrogens with one attached hydrogen (secondary N) is 1. The molecule has 4 aromatic rings. The van der Waals surface area contributed by atoms with Crippen molar-refractivity contribution in [3.8, 4) is 11.1 Å². The van der Waals surface area contributed by atoms with Crippen molar-refractivity contribution in [2.75, 3.05) is 12.3 Å². The first-order valence-electron chi connectivity index (χ1n) is 12.4. The Morgan fingerprint density at radius 3 is 2.53 bits per heavy atom. The van der Waals surface area contributed by atoms with Crippen molar-refractivity contribution in [1.29, 1.82) is 0 Å². The van der Waals surface area contributed by atoms with E-state index in [1.165, 1.54) is 11.8 Å².